The third kappa shape index (κ3) is 1.48. The van der Waals surface area contributed by atoms with E-state index in [1.54, 1.807) is 11.3 Å². The molecule has 1 aromatic rings. The summed E-state index contributed by atoms with van der Waals surface area (Å²) in [6.07, 6.45) is 0. The van der Waals surface area contributed by atoms with E-state index in [4.69, 9.17) is 22.4 Å². The summed E-state index contributed by atoms with van der Waals surface area (Å²) in [7, 11) is -0.363. The molecule has 0 nitrogen and oxygen atoms in total. The van der Waals surface area contributed by atoms with Crippen LogP contribution in [-0.2, 0) is 30.4 Å². The van der Waals surface area contributed by atoms with Gasteiger partial charge in [0.2, 0.25) is 0 Å². The van der Waals surface area contributed by atoms with Crippen LogP contribution in [0.1, 0.15) is 0 Å². The van der Waals surface area contributed by atoms with E-state index in [1.165, 1.54) is 0 Å². The first-order valence-electron chi connectivity index (χ1n) is 1.93. The maximum atomic E-state index is 4.85. The SMILES string of the molecule is S=[S-](=S)c1cccs1. The highest BCUT2D eigenvalue weighted by Crippen LogP contribution is 2.09. The van der Waals surface area contributed by atoms with Crippen LogP contribution in [0.3, 0.4) is 0 Å². The first-order chi connectivity index (χ1) is 3.80. The van der Waals surface area contributed by atoms with Crippen molar-refractivity contribution in [1.82, 2.24) is 0 Å². The molecule has 0 atom stereocenters. The van der Waals surface area contributed by atoms with Crippen LogP contribution in [0, 0.1) is 0 Å². The summed E-state index contributed by atoms with van der Waals surface area (Å²) in [5.74, 6) is 0. The Hall–Kier alpha value is 0.490. The molecular formula is C4H3S4-. The fourth-order valence-electron chi connectivity index (χ4n) is 0.358. The number of rotatable bonds is 1. The van der Waals surface area contributed by atoms with Gasteiger partial charge in [0, 0.05) is 0 Å². The highest BCUT2D eigenvalue weighted by Gasteiger charge is 1.74. The second-order valence-electron chi connectivity index (χ2n) is 1.17. The fourth-order valence-corrected chi connectivity index (χ4v) is 2.52. The lowest BCUT2D eigenvalue weighted by atomic mass is 10.7. The molecule has 4 heteroatoms. The van der Waals surface area contributed by atoms with Crippen molar-refractivity contribution in [3.8, 4) is 0 Å². The quantitative estimate of drug-likeness (QED) is 0.601. The van der Waals surface area contributed by atoms with Crippen LogP contribution in [0.5, 0.6) is 0 Å². The molecule has 0 aliphatic rings. The molecule has 44 valence electrons. The zero-order valence-electron chi connectivity index (χ0n) is 3.87. The second-order valence-corrected chi connectivity index (χ2v) is 5.92. The van der Waals surface area contributed by atoms with Crippen molar-refractivity contribution in [2.45, 2.75) is 4.21 Å². The van der Waals surface area contributed by atoms with Crippen LogP contribution in [-0.4, -0.2) is 0 Å². The van der Waals surface area contributed by atoms with Crippen molar-refractivity contribution in [1.29, 1.82) is 0 Å². The Morgan fingerprint density at radius 3 is 2.50 bits per heavy atom. The largest absolute Gasteiger partial charge is 0.310 e. The van der Waals surface area contributed by atoms with E-state index in [0.29, 0.717) is 0 Å². The molecule has 0 bridgehead atoms. The van der Waals surface area contributed by atoms with Gasteiger partial charge in [-0.15, -0.1) is 0 Å². The van der Waals surface area contributed by atoms with E-state index in [9.17, 15) is 0 Å². The predicted octanol–water partition coefficient (Wildman–Crippen LogP) is 1.65. The molecule has 0 saturated heterocycles. The Bertz CT molecular complexity index is 210. The maximum Gasteiger partial charge on any atom is -0.0110 e. The van der Waals surface area contributed by atoms with E-state index in [2.05, 4.69) is 0 Å². The van der Waals surface area contributed by atoms with Gasteiger partial charge in [-0.3, -0.25) is 22.4 Å². The van der Waals surface area contributed by atoms with E-state index >= 15 is 0 Å². The minimum absolute atomic E-state index is 0.363. The molecule has 0 amide bonds. The minimum atomic E-state index is -0.363. The van der Waals surface area contributed by atoms with Crippen LogP contribution >= 0.6 is 11.3 Å². The molecule has 0 aliphatic carbocycles. The fraction of sp³-hybridized carbons (Fsp3) is 0. The van der Waals surface area contributed by atoms with Crippen LogP contribution in [0.15, 0.2) is 21.7 Å². The molecule has 0 saturated carbocycles. The number of hydrogen-bond acceptors (Lipinski definition) is 4. The Morgan fingerprint density at radius 2 is 2.25 bits per heavy atom. The zero-order chi connectivity index (χ0) is 5.98. The monoisotopic (exact) mass is 179 g/mol. The lowest BCUT2D eigenvalue weighted by Crippen LogP contribution is -1.61. The van der Waals surface area contributed by atoms with Gasteiger partial charge >= 0.3 is 0 Å². The molecule has 0 radical (unpaired) electrons. The molecule has 1 heterocycles. The lowest BCUT2D eigenvalue weighted by molar-refractivity contribution is 1.76. The van der Waals surface area contributed by atoms with E-state index in [-0.39, 0.29) is 8.01 Å². The third-order valence-electron chi connectivity index (χ3n) is 0.659. The molecule has 0 fully saturated rings. The summed E-state index contributed by atoms with van der Waals surface area (Å²) in [5.41, 5.74) is 0. The topological polar surface area (TPSA) is 0 Å². The van der Waals surface area contributed by atoms with Gasteiger partial charge in [0.05, 0.1) is 0 Å². The molecule has 0 N–H and O–H groups in total. The van der Waals surface area contributed by atoms with Gasteiger partial charge in [-0.2, -0.15) is 11.3 Å². The molecule has 8 heavy (non-hydrogen) atoms. The van der Waals surface area contributed by atoms with Gasteiger partial charge in [-0.1, -0.05) is 16.3 Å². The van der Waals surface area contributed by atoms with Crippen LogP contribution in [0.25, 0.3) is 0 Å². The zero-order valence-corrected chi connectivity index (χ0v) is 7.13. The van der Waals surface area contributed by atoms with E-state index < -0.39 is 0 Å². The van der Waals surface area contributed by atoms with Crippen molar-refractivity contribution in [3.05, 3.63) is 17.5 Å². The number of thiophene rings is 1. The average Bonchev–Trinajstić information content (AvgIpc) is 2.12. The van der Waals surface area contributed by atoms with Gasteiger partial charge in [0.25, 0.3) is 0 Å². The first-order valence-corrected chi connectivity index (χ1v) is 5.89. The molecule has 0 aliphatic heterocycles. The van der Waals surface area contributed by atoms with Crippen LogP contribution < -0.4 is 0 Å². The Morgan fingerprint density at radius 1 is 1.50 bits per heavy atom. The van der Waals surface area contributed by atoms with Crippen LogP contribution in [0.2, 0.25) is 0 Å². The van der Waals surface area contributed by atoms with Crippen molar-refractivity contribution in [2.24, 2.45) is 0 Å². The van der Waals surface area contributed by atoms with E-state index in [0.717, 1.165) is 4.21 Å². The van der Waals surface area contributed by atoms with Gasteiger partial charge in [-0.25, -0.2) is 0 Å². The summed E-state index contributed by atoms with van der Waals surface area (Å²) < 4.78 is 1.13. The Labute approximate surface area is 63.4 Å². The van der Waals surface area contributed by atoms with Crippen LogP contribution in [0.4, 0.5) is 0 Å². The van der Waals surface area contributed by atoms with Gasteiger partial charge in [-0.05, 0) is 5.38 Å². The molecule has 1 rings (SSSR count). The van der Waals surface area contributed by atoms with Crippen molar-refractivity contribution in [3.63, 3.8) is 0 Å². The van der Waals surface area contributed by atoms with Crippen molar-refractivity contribution >= 4 is 41.7 Å². The summed E-state index contributed by atoms with van der Waals surface area (Å²) >= 11 is 11.3. The van der Waals surface area contributed by atoms with Crippen molar-refractivity contribution < 1.29 is 0 Å². The summed E-state index contributed by atoms with van der Waals surface area (Å²) in [4.78, 5) is 0. The Balaban J connectivity index is 3.11. The summed E-state index contributed by atoms with van der Waals surface area (Å²) in [5, 5.41) is 1.99. The molecule has 1 aromatic heterocycles. The Kier molecular flexibility index (Phi) is 2.37. The molecule has 0 unspecified atom stereocenters. The highest BCUT2D eigenvalue weighted by molar-refractivity contribution is 8.47. The van der Waals surface area contributed by atoms with Gasteiger partial charge < -0.3 is 8.01 Å². The first kappa shape index (κ1) is 6.61. The standard InChI is InChI=1S/C4H3S4/c5-8(6)4-2-1-3-7-4/h1-3H/q-1. The molecule has 0 aromatic carbocycles. The summed E-state index contributed by atoms with van der Waals surface area (Å²) in [6, 6.07) is 3.95. The average molecular weight is 179 g/mol. The normalized spacial score (nSPS) is 10.1. The lowest BCUT2D eigenvalue weighted by Gasteiger charge is -1.92. The predicted molar refractivity (Wildman–Crippen MR) is 44.7 cm³/mol. The minimum Gasteiger partial charge on any atom is -0.310 e. The van der Waals surface area contributed by atoms with Gasteiger partial charge in [0.15, 0.2) is 0 Å². The summed E-state index contributed by atoms with van der Waals surface area (Å²) in [6.45, 7) is 0. The molecule has 0 spiro atoms. The van der Waals surface area contributed by atoms with Crippen molar-refractivity contribution in [2.75, 3.05) is 0 Å². The number of hydrogen-bond donors (Lipinski definition) is 0. The van der Waals surface area contributed by atoms with E-state index in [1.807, 2.05) is 17.5 Å². The maximum absolute atomic E-state index is 4.85. The third-order valence-corrected chi connectivity index (χ3v) is 4.28. The smallest absolute Gasteiger partial charge is 0.0110 e. The second kappa shape index (κ2) is 2.87. The highest BCUT2D eigenvalue weighted by atomic mass is 33.1. The molecular weight excluding hydrogens is 176 g/mol. The van der Waals surface area contributed by atoms with Gasteiger partial charge in [0.1, 0.15) is 0 Å².